The molecule has 1 aliphatic rings. The van der Waals surface area contributed by atoms with Gasteiger partial charge in [-0.2, -0.15) is 11.8 Å². The fourth-order valence-electron chi connectivity index (χ4n) is 1.35. The fourth-order valence-corrected chi connectivity index (χ4v) is 2.13. The maximum Gasteiger partial charge on any atom is 0.200 e. The lowest BCUT2D eigenvalue weighted by atomic mass is 10.4. The minimum atomic E-state index is 0.467. The maximum absolute atomic E-state index is 5.67. The number of nitrogens with two attached hydrogens (primary N) is 1. The van der Waals surface area contributed by atoms with Gasteiger partial charge in [0.05, 0.1) is 0 Å². The Bertz CT molecular complexity index is 278. The first-order valence-corrected chi connectivity index (χ1v) is 5.30. The third-order valence-electron chi connectivity index (χ3n) is 2.45. The molecule has 0 aliphatic heterocycles. The van der Waals surface area contributed by atoms with Crippen molar-refractivity contribution in [1.29, 1.82) is 0 Å². The Kier molecular flexibility index (Phi) is 1.79. The molecule has 12 heavy (non-hydrogen) atoms. The third kappa shape index (κ3) is 1.31. The van der Waals surface area contributed by atoms with Gasteiger partial charge in [-0.05, 0) is 19.1 Å². The van der Waals surface area contributed by atoms with Crippen molar-refractivity contribution in [3.8, 4) is 0 Å². The van der Waals surface area contributed by atoms with Crippen LogP contribution in [0.1, 0.15) is 12.8 Å². The minimum absolute atomic E-state index is 0.467. The molecule has 0 bridgehead atoms. The Morgan fingerprint density at radius 3 is 2.92 bits per heavy atom. The monoisotopic (exact) mass is 183 g/mol. The summed E-state index contributed by atoms with van der Waals surface area (Å²) in [7, 11) is 0. The van der Waals surface area contributed by atoms with Crippen LogP contribution in [0.25, 0.3) is 0 Å². The first-order chi connectivity index (χ1) is 5.76. The highest BCUT2D eigenvalue weighted by Crippen LogP contribution is 2.48. The molecule has 1 saturated carbocycles. The third-order valence-corrected chi connectivity index (χ3v) is 3.85. The number of aromatic nitrogens is 2. The molecule has 66 valence electrons. The lowest BCUT2D eigenvalue weighted by Crippen LogP contribution is -2.14. The van der Waals surface area contributed by atoms with Crippen molar-refractivity contribution in [2.45, 2.75) is 24.1 Å². The predicted octanol–water partition coefficient (Wildman–Crippen LogP) is 1.36. The van der Waals surface area contributed by atoms with Crippen LogP contribution < -0.4 is 5.73 Å². The molecule has 1 aliphatic carbocycles. The van der Waals surface area contributed by atoms with Crippen LogP contribution in [0.2, 0.25) is 0 Å². The molecule has 0 atom stereocenters. The Balaban J connectivity index is 2.08. The van der Waals surface area contributed by atoms with E-state index in [9.17, 15) is 0 Å². The average molecular weight is 183 g/mol. The highest BCUT2D eigenvalue weighted by Gasteiger charge is 2.42. The molecule has 1 fully saturated rings. The van der Waals surface area contributed by atoms with Crippen molar-refractivity contribution < 1.29 is 0 Å². The van der Waals surface area contributed by atoms with Crippen molar-refractivity contribution in [2.75, 3.05) is 12.0 Å². The summed E-state index contributed by atoms with van der Waals surface area (Å²) in [5.74, 6) is 0.635. The molecule has 0 spiro atoms. The van der Waals surface area contributed by atoms with E-state index in [0.29, 0.717) is 10.7 Å². The number of nitrogen functional groups attached to an aromatic ring is 1. The first kappa shape index (κ1) is 7.98. The maximum atomic E-state index is 5.67. The van der Waals surface area contributed by atoms with E-state index < -0.39 is 0 Å². The van der Waals surface area contributed by atoms with E-state index in [1.54, 1.807) is 6.20 Å². The molecular formula is C8H13N3S. The molecule has 2 N–H and O–H groups in total. The van der Waals surface area contributed by atoms with Gasteiger partial charge in [-0.15, -0.1) is 0 Å². The molecule has 2 rings (SSSR count). The van der Waals surface area contributed by atoms with E-state index in [-0.39, 0.29) is 0 Å². The summed E-state index contributed by atoms with van der Waals surface area (Å²) < 4.78 is 2.50. The van der Waals surface area contributed by atoms with Crippen LogP contribution in [-0.4, -0.2) is 20.6 Å². The van der Waals surface area contributed by atoms with Crippen LogP contribution in [0.15, 0.2) is 12.4 Å². The minimum Gasteiger partial charge on any atom is -0.369 e. The highest BCUT2D eigenvalue weighted by atomic mass is 32.2. The molecule has 4 heteroatoms. The summed E-state index contributed by atoms with van der Waals surface area (Å²) >= 11 is 1.94. The largest absolute Gasteiger partial charge is 0.369 e. The molecule has 0 amide bonds. The zero-order chi connectivity index (χ0) is 8.60. The van der Waals surface area contributed by atoms with Gasteiger partial charge in [-0.25, -0.2) is 4.98 Å². The topological polar surface area (TPSA) is 43.8 Å². The van der Waals surface area contributed by atoms with Crippen molar-refractivity contribution in [3.63, 3.8) is 0 Å². The van der Waals surface area contributed by atoms with Gasteiger partial charge in [0, 0.05) is 23.7 Å². The number of hydrogen-bond donors (Lipinski definition) is 1. The summed E-state index contributed by atoms with van der Waals surface area (Å²) in [6.07, 6.45) is 8.50. The number of imidazole rings is 1. The summed E-state index contributed by atoms with van der Waals surface area (Å²) in [6, 6.07) is 0. The fraction of sp³-hybridized carbons (Fsp3) is 0.625. The van der Waals surface area contributed by atoms with Crippen molar-refractivity contribution in [2.24, 2.45) is 0 Å². The Labute approximate surface area is 76.4 Å². The lowest BCUT2D eigenvalue weighted by molar-refractivity contribution is 0.669. The van der Waals surface area contributed by atoms with E-state index in [0.717, 1.165) is 6.54 Å². The van der Waals surface area contributed by atoms with E-state index in [2.05, 4.69) is 11.2 Å². The van der Waals surface area contributed by atoms with Gasteiger partial charge in [0.2, 0.25) is 0 Å². The second-order valence-electron chi connectivity index (χ2n) is 3.30. The van der Waals surface area contributed by atoms with Gasteiger partial charge in [-0.3, -0.25) is 0 Å². The summed E-state index contributed by atoms with van der Waals surface area (Å²) in [5.41, 5.74) is 5.67. The second-order valence-corrected chi connectivity index (χ2v) is 4.57. The van der Waals surface area contributed by atoms with Crippen LogP contribution in [-0.2, 0) is 6.54 Å². The Morgan fingerprint density at radius 2 is 2.50 bits per heavy atom. The van der Waals surface area contributed by atoms with Gasteiger partial charge in [0.15, 0.2) is 5.95 Å². The Morgan fingerprint density at radius 1 is 1.75 bits per heavy atom. The molecule has 1 heterocycles. The standard InChI is InChI=1S/C8H13N3S/c1-12-8(2-3-8)6-11-5-4-10-7(11)9/h4-5H,2-3,6H2,1H3,(H2,9,10). The van der Waals surface area contributed by atoms with E-state index in [1.807, 2.05) is 22.5 Å². The second kappa shape index (κ2) is 2.69. The quantitative estimate of drug-likeness (QED) is 0.769. The van der Waals surface area contributed by atoms with E-state index >= 15 is 0 Å². The molecule has 1 aromatic rings. The van der Waals surface area contributed by atoms with Gasteiger partial charge in [0.1, 0.15) is 0 Å². The zero-order valence-electron chi connectivity index (χ0n) is 7.16. The molecule has 0 radical (unpaired) electrons. The van der Waals surface area contributed by atoms with Crippen LogP contribution in [0.3, 0.4) is 0 Å². The van der Waals surface area contributed by atoms with Gasteiger partial charge in [0.25, 0.3) is 0 Å². The number of hydrogen-bond acceptors (Lipinski definition) is 3. The normalized spacial score (nSPS) is 19.4. The van der Waals surface area contributed by atoms with Crippen molar-refractivity contribution in [3.05, 3.63) is 12.4 Å². The van der Waals surface area contributed by atoms with Crippen LogP contribution in [0, 0.1) is 0 Å². The van der Waals surface area contributed by atoms with Crippen LogP contribution in [0.5, 0.6) is 0 Å². The molecule has 1 aromatic heterocycles. The zero-order valence-corrected chi connectivity index (χ0v) is 7.97. The number of rotatable bonds is 3. The molecular weight excluding hydrogens is 170 g/mol. The molecule has 0 unspecified atom stereocenters. The lowest BCUT2D eigenvalue weighted by Gasteiger charge is -2.13. The highest BCUT2D eigenvalue weighted by molar-refractivity contribution is 8.00. The Hall–Kier alpha value is -0.640. The van der Waals surface area contributed by atoms with Crippen LogP contribution >= 0.6 is 11.8 Å². The van der Waals surface area contributed by atoms with Gasteiger partial charge in [-0.1, -0.05) is 0 Å². The summed E-state index contributed by atoms with van der Waals surface area (Å²) in [6.45, 7) is 1.01. The number of nitrogens with zero attached hydrogens (tertiary/aromatic N) is 2. The number of thioether (sulfide) groups is 1. The summed E-state index contributed by atoms with van der Waals surface area (Å²) in [5, 5.41) is 0. The molecule has 0 saturated heterocycles. The first-order valence-electron chi connectivity index (χ1n) is 4.07. The van der Waals surface area contributed by atoms with Crippen LogP contribution in [0.4, 0.5) is 5.95 Å². The average Bonchev–Trinajstić information content (AvgIpc) is 2.74. The summed E-state index contributed by atoms with van der Waals surface area (Å²) in [4.78, 5) is 3.99. The van der Waals surface area contributed by atoms with Crippen molar-refractivity contribution in [1.82, 2.24) is 9.55 Å². The number of anilines is 1. The van der Waals surface area contributed by atoms with Gasteiger partial charge < -0.3 is 10.3 Å². The SMILES string of the molecule is CSC1(Cn2ccnc2N)CC1. The van der Waals surface area contributed by atoms with E-state index in [4.69, 9.17) is 5.73 Å². The van der Waals surface area contributed by atoms with E-state index in [1.165, 1.54) is 12.8 Å². The predicted molar refractivity (Wildman–Crippen MR) is 52.1 cm³/mol. The molecule has 0 aromatic carbocycles. The van der Waals surface area contributed by atoms with Crippen molar-refractivity contribution >= 4 is 17.7 Å². The smallest absolute Gasteiger partial charge is 0.200 e. The molecule has 3 nitrogen and oxygen atoms in total. The van der Waals surface area contributed by atoms with Gasteiger partial charge >= 0.3 is 0 Å².